The normalized spacial score (nSPS) is 17.8. The van der Waals surface area contributed by atoms with Gasteiger partial charge in [0.15, 0.2) is 0 Å². The van der Waals surface area contributed by atoms with Crippen LogP contribution in [-0.2, 0) is 12.8 Å². The maximum Gasteiger partial charge on any atom is -0.0276 e. The van der Waals surface area contributed by atoms with E-state index in [1.54, 1.807) is 5.56 Å². The van der Waals surface area contributed by atoms with Crippen molar-refractivity contribution >= 4 is 0 Å². The van der Waals surface area contributed by atoms with Gasteiger partial charge in [0.05, 0.1) is 0 Å². The summed E-state index contributed by atoms with van der Waals surface area (Å²) in [5.74, 6) is 2.00. The molecule has 2 rings (SSSR count). The fraction of sp³-hybridized carbons (Fsp3) is 0.714. The molecule has 21 heavy (non-hydrogen) atoms. The van der Waals surface area contributed by atoms with Crippen LogP contribution in [0.1, 0.15) is 82.8 Å². The molecule has 0 aliphatic heterocycles. The third-order valence-corrected chi connectivity index (χ3v) is 5.34. The molecule has 0 spiro atoms. The van der Waals surface area contributed by atoms with Gasteiger partial charge in [-0.3, -0.25) is 0 Å². The molecule has 0 heteroatoms. The molecule has 0 heterocycles. The molecular formula is C21H34. The van der Waals surface area contributed by atoms with Crippen molar-refractivity contribution in [3.8, 4) is 0 Å². The highest BCUT2D eigenvalue weighted by Gasteiger charge is 2.22. The first-order valence-corrected chi connectivity index (χ1v) is 9.41. The minimum Gasteiger partial charge on any atom is -0.0654 e. The first-order valence-electron chi connectivity index (χ1n) is 9.41. The standard InChI is InChI=1S/C21H34/c1-3-8-18-12-14-19(15-13-18)16-17-20(9-4-2)21-10-6-5-7-11-21/h12-15,20-21H,3-11,16-17H2,1-2H3. The quantitative estimate of drug-likeness (QED) is 0.507. The van der Waals surface area contributed by atoms with Crippen LogP contribution >= 0.6 is 0 Å². The molecule has 1 aliphatic carbocycles. The van der Waals surface area contributed by atoms with E-state index in [0.717, 1.165) is 11.8 Å². The lowest BCUT2D eigenvalue weighted by Crippen LogP contribution is -2.18. The topological polar surface area (TPSA) is 0 Å². The monoisotopic (exact) mass is 286 g/mol. The minimum atomic E-state index is 0.977. The van der Waals surface area contributed by atoms with Crippen LogP contribution in [0.2, 0.25) is 0 Å². The van der Waals surface area contributed by atoms with Crippen LogP contribution in [-0.4, -0.2) is 0 Å². The van der Waals surface area contributed by atoms with Gasteiger partial charge in [-0.25, -0.2) is 0 Å². The van der Waals surface area contributed by atoms with Crippen LogP contribution in [0.3, 0.4) is 0 Å². The van der Waals surface area contributed by atoms with E-state index in [2.05, 4.69) is 38.1 Å². The fourth-order valence-corrected chi connectivity index (χ4v) is 4.11. The molecule has 0 bridgehead atoms. The zero-order valence-corrected chi connectivity index (χ0v) is 14.2. The lowest BCUT2D eigenvalue weighted by Gasteiger charge is -2.30. The zero-order chi connectivity index (χ0) is 14.9. The summed E-state index contributed by atoms with van der Waals surface area (Å²) in [6.07, 6.45) is 15.4. The number of rotatable bonds is 8. The summed E-state index contributed by atoms with van der Waals surface area (Å²) in [7, 11) is 0. The van der Waals surface area contributed by atoms with Gasteiger partial charge in [-0.05, 0) is 42.2 Å². The van der Waals surface area contributed by atoms with Crippen molar-refractivity contribution in [3.63, 3.8) is 0 Å². The van der Waals surface area contributed by atoms with Crippen LogP contribution in [0.4, 0.5) is 0 Å². The Labute approximate surface area is 132 Å². The summed E-state index contributed by atoms with van der Waals surface area (Å²) in [4.78, 5) is 0. The summed E-state index contributed by atoms with van der Waals surface area (Å²) >= 11 is 0. The Morgan fingerprint density at radius 2 is 1.43 bits per heavy atom. The third kappa shape index (κ3) is 5.49. The Hall–Kier alpha value is -0.780. The molecule has 0 nitrogen and oxygen atoms in total. The summed E-state index contributed by atoms with van der Waals surface area (Å²) in [6.45, 7) is 4.61. The highest BCUT2D eigenvalue weighted by atomic mass is 14.3. The highest BCUT2D eigenvalue weighted by Crippen LogP contribution is 2.35. The molecule has 0 amide bonds. The summed E-state index contributed by atoms with van der Waals surface area (Å²) in [5.41, 5.74) is 3.05. The smallest absolute Gasteiger partial charge is 0.0276 e. The minimum absolute atomic E-state index is 0.977. The molecule has 1 atom stereocenters. The first kappa shape index (κ1) is 16.6. The second-order valence-corrected chi connectivity index (χ2v) is 7.05. The van der Waals surface area contributed by atoms with Crippen molar-refractivity contribution in [2.24, 2.45) is 11.8 Å². The van der Waals surface area contributed by atoms with Crippen LogP contribution < -0.4 is 0 Å². The van der Waals surface area contributed by atoms with Gasteiger partial charge in [0, 0.05) is 0 Å². The van der Waals surface area contributed by atoms with Crippen molar-refractivity contribution in [2.45, 2.75) is 84.5 Å². The van der Waals surface area contributed by atoms with Gasteiger partial charge in [0.25, 0.3) is 0 Å². The molecule has 1 aromatic rings. The molecule has 118 valence electrons. The van der Waals surface area contributed by atoms with Gasteiger partial charge in [-0.2, -0.15) is 0 Å². The maximum atomic E-state index is 2.37. The molecule has 0 N–H and O–H groups in total. The van der Waals surface area contributed by atoms with Crippen molar-refractivity contribution in [1.29, 1.82) is 0 Å². The Kier molecular flexibility index (Phi) is 7.33. The molecule has 0 radical (unpaired) electrons. The van der Waals surface area contributed by atoms with Crippen molar-refractivity contribution in [3.05, 3.63) is 35.4 Å². The summed E-state index contributed by atoms with van der Waals surface area (Å²) in [6, 6.07) is 9.42. The van der Waals surface area contributed by atoms with E-state index in [0.29, 0.717) is 0 Å². The third-order valence-electron chi connectivity index (χ3n) is 5.34. The predicted molar refractivity (Wildman–Crippen MR) is 93.7 cm³/mol. The average molecular weight is 287 g/mol. The van der Waals surface area contributed by atoms with Crippen molar-refractivity contribution in [2.75, 3.05) is 0 Å². The van der Waals surface area contributed by atoms with E-state index < -0.39 is 0 Å². The predicted octanol–water partition coefficient (Wildman–Crippen LogP) is 6.57. The molecule has 0 saturated heterocycles. The molecule has 0 aromatic heterocycles. The van der Waals surface area contributed by atoms with E-state index >= 15 is 0 Å². The summed E-state index contributed by atoms with van der Waals surface area (Å²) < 4.78 is 0. The second-order valence-electron chi connectivity index (χ2n) is 7.05. The number of aryl methyl sites for hydroxylation is 2. The summed E-state index contributed by atoms with van der Waals surface area (Å²) in [5, 5.41) is 0. The van der Waals surface area contributed by atoms with Crippen LogP contribution in [0.25, 0.3) is 0 Å². The SMILES string of the molecule is CCCc1ccc(CCC(CCC)C2CCCCC2)cc1. The first-order chi connectivity index (χ1) is 10.3. The van der Waals surface area contributed by atoms with Crippen LogP contribution in [0, 0.1) is 11.8 Å². The molecule has 1 saturated carbocycles. The lowest BCUT2D eigenvalue weighted by molar-refractivity contribution is 0.223. The van der Waals surface area contributed by atoms with Crippen molar-refractivity contribution < 1.29 is 0 Å². The number of hydrogen-bond donors (Lipinski definition) is 0. The number of hydrogen-bond acceptors (Lipinski definition) is 0. The van der Waals surface area contributed by atoms with E-state index in [1.807, 2.05) is 0 Å². The Morgan fingerprint density at radius 3 is 2.00 bits per heavy atom. The molecule has 1 aliphatic rings. The average Bonchev–Trinajstić information content (AvgIpc) is 2.54. The Morgan fingerprint density at radius 1 is 0.810 bits per heavy atom. The van der Waals surface area contributed by atoms with Gasteiger partial charge in [0.2, 0.25) is 0 Å². The fourth-order valence-electron chi connectivity index (χ4n) is 4.11. The Balaban J connectivity index is 1.85. The van der Waals surface area contributed by atoms with Gasteiger partial charge in [-0.15, -0.1) is 0 Å². The van der Waals surface area contributed by atoms with Gasteiger partial charge in [-0.1, -0.05) is 89.5 Å². The highest BCUT2D eigenvalue weighted by molar-refractivity contribution is 5.22. The lowest BCUT2D eigenvalue weighted by atomic mass is 9.76. The molecule has 1 aromatic carbocycles. The van der Waals surface area contributed by atoms with E-state index in [9.17, 15) is 0 Å². The van der Waals surface area contributed by atoms with E-state index in [4.69, 9.17) is 0 Å². The zero-order valence-electron chi connectivity index (χ0n) is 14.2. The van der Waals surface area contributed by atoms with Crippen molar-refractivity contribution in [1.82, 2.24) is 0 Å². The molecular weight excluding hydrogens is 252 g/mol. The second kappa shape index (κ2) is 9.28. The van der Waals surface area contributed by atoms with Gasteiger partial charge >= 0.3 is 0 Å². The largest absolute Gasteiger partial charge is 0.0654 e. The Bertz CT molecular complexity index is 370. The van der Waals surface area contributed by atoms with Gasteiger partial charge < -0.3 is 0 Å². The van der Waals surface area contributed by atoms with Gasteiger partial charge in [0.1, 0.15) is 0 Å². The van der Waals surface area contributed by atoms with Crippen LogP contribution in [0.5, 0.6) is 0 Å². The van der Waals surface area contributed by atoms with E-state index in [1.165, 1.54) is 76.2 Å². The molecule has 1 fully saturated rings. The van der Waals surface area contributed by atoms with Crippen LogP contribution in [0.15, 0.2) is 24.3 Å². The number of benzene rings is 1. The molecule has 1 unspecified atom stereocenters. The van der Waals surface area contributed by atoms with E-state index in [-0.39, 0.29) is 0 Å². The maximum absolute atomic E-state index is 2.37.